The summed E-state index contributed by atoms with van der Waals surface area (Å²) in [6, 6.07) is 0. The average Bonchev–Trinajstić information content (AvgIpc) is 3.05. The Morgan fingerprint density at radius 3 is 2.70 bits per heavy atom. The maximum Gasteiger partial charge on any atom is 0.302 e. The van der Waals surface area contributed by atoms with Crippen molar-refractivity contribution in [2.24, 2.45) is 51.3 Å². The molecule has 184 valence electrons. The third-order valence-corrected chi connectivity index (χ3v) is 11.0. The summed E-state index contributed by atoms with van der Waals surface area (Å²) >= 11 is 0. The molecule has 0 radical (unpaired) electrons. The predicted octanol–water partition coefficient (Wildman–Crippen LogP) is 5.97. The number of carbonyl (C=O) groups excluding carboxylic acids is 1. The maximum atomic E-state index is 12.2. The zero-order chi connectivity index (χ0) is 23.5. The Morgan fingerprint density at radius 2 is 2.00 bits per heavy atom. The lowest BCUT2D eigenvalue weighted by Crippen LogP contribution is -2.51. The summed E-state index contributed by atoms with van der Waals surface area (Å²) < 4.78 is 6.10. The Labute approximate surface area is 200 Å². The number of aliphatic hydroxyl groups is 1. The van der Waals surface area contributed by atoms with Crippen LogP contribution in [0, 0.1) is 46.3 Å². The molecule has 0 bridgehead atoms. The summed E-state index contributed by atoms with van der Waals surface area (Å²) in [7, 11) is 0. The lowest BCUT2D eigenvalue weighted by Gasteiger charge is -2.58. The van der Waals surface area contributed by atoms with Crippen LogP contribution in [0.5, 0.6) is 0 Å². The van der Waals surface area contributed by atoms with Crippen LogP contribution in [0.2, 0.25) is 0 Å². The number of rotatable bonds is 3. The first-order valence-corrected chi connectivity index (χ1v) is 13.7. The molecule has 10 atom stereocenters. The zero-order valence-electron chi connectivity index (χ0n) is 21.5. The minimum absolute atomic E-state index is 0.0136. The molecule has 4 nitrogen and oxygen atoms in total. The van der Waals surface area contributed by atoms with E-state index in [4.69, 9.17) is 9.73 Å². The van der Waals surface area contributed by atoms with E-state index in [9.17, 15) is 9.90 Å². The fourth-order valence-electron chi connectivity index (χ4n) is 9.31. The van der Waals surface area contributed by atoms with Gasteiger partial charge >= 0.3 is 5.97 Å². The van der Waals surface area contributed by atoms with Crippen LogP contribution in [0.1, 0.15) is 92.4 Å². The van der Waals surface area contributed by atoms with E-state index >= 15 is 0 Å². The highest BCUT2D eigenvalue weighted by atomic mass is 16.5. The van der Waals surface area contributed by atoms with Crippen molar-refractivity contribution in [1.29, 1.82) is 0 Å². The summed E-state index contributed by atoms with van der Waals surface area (Å²) in [4.78, 5) is 17.2. The molecule has 3 saturated carbocycles. The number of aliphatic hydroxyl groups excluding tert-OH is 1. The molecular weight excluding hydrogens is 410 g/mol. The number of ether oxygens (including phenoxy) is 1. The van der Waals surface area contributed by atoms with Gasteiger partial charge in [-0.25, -0.2) is 0 Å². The van der Waals surface area contributed by atoms with Crippen LogP contribution in [-0.2, 0) is 9.53 Å². The lowest BCUT2D eigenvalue weighted by atomic mass is 9.47. The summed E-state index contributed by atoms with van der Waals surface area (Å²) in [5.74, 6) is 3.26. The van der Waals surface area contributed by atoms with Gasteiger partial charge in [-0.1, -0.05) is 39.3 Å². The number of nitrogens with zero attached hydrogens (tertiary/aromatic N) is 1. The Balaban J connectivity index is 1.47. The van der Waals surface area contributed by atoms with Crippen molar-refractivity contribution < 1.29 is 14.6 Å². The number of hydrogen-bond acceptors (Lipinski definition) is 4. The summed E-state index contributed by atoms with van der Waals surface area (Å²) in [6.45, 7) is 12.2. The Hall–Kier alpha value is -1.16. The van der Waals surface area contributed by atoms with E-state index in [1.165, 1.54) is 30.5 Å². The van der Waals surface area contributed by atoms with Gasteiger partial charge < -0.3 is 9.84 Å². The Bertz CT molecular complexity index is 848. The van der Waals surface area contributed by atoms with E-state index in [0.29, 0.717) is 35.5 Å². The van der Waals surface area contributed by atoms with Crippen molar-refractivity contribution >= 4 is 11.7 Å². The van der Waals surface area contributed by atoms with Crippen molar-refractivity contribution in [2.45, 2.75) is 105 Å². The fourth-order valence-corrected chi connectivity index (χ4v) is 9.31. The quantitative estimate of drug-likeness (QED) is 0.421. The minimum Gasteiger partial charge on any atom is -0.462 e. The highest BCUT2D eigenvalue weighted by Gasteiger charge is 2.63. The van der Waals surface area contributed by atoms with Crippen molar-refractivity contribution in [3.05, 3.63) is 11.6 Å². The van der Waals surface area contributed by atoms with Gasteiger partial charge in [0.25, 0.3) is 0 Å². The smallest absolute Gasteiger partial charge is 0.302 e. The number of aliphatic imine (C=N–C) groups is 1. The molecule has 1 heterocycles. The zero-order valence-corrected chi connectivity index (χ0v) is 21.5. The molecule has 0 saturated heterocycles. The molecule has 4 heteroatoms. The van der Waals surface area contributed by atoms with Gasteiger partial charge in [0.1, 0.15) is 6.10 Å². The van der Waals surface area contributed by atoms with Gasteiger partial charge in [0.15, 0.2) is 0 Å². The van der Waals surface area contributed by atoms with E-state index in [-0.39, 0.29) is 29.0 Å². The molecule has 5 rings (SSSR count). The van der Waals surface area contributed by atoms with Crippen LogP contribution in [0.15, 0.2) is 16.6 Å². The number of carbonyl (C=O) groups is 1. The molecule has 1 N–H and O–H groups in total. The maximum absolute atomic E-state index is 12.2. The number of esters is 1. The normalized spacial score (nSPS) is 48.0. The molecule has 0 spiro atoms. The SMILES string of the molecule is CC(=O)O[C@@H]1C[C@H]2[C@@H]3CC=C4C[C@@H](O)CC[C@@]4(C)[C@H]3CC[C@]2(C)[C@H]1[C@H](C)C1=NC[C@H](C)CC1. The van der Waals surface area contributed by atoms with Crippen molar-refractivity contribution in [1.82, 2.24) is 0 Å². The number of hydrogen-bond donors (Lipinski definition) is 1. The van der Waals surface area contributed by atoms with E-state index in [1.54, 1.807) is 6.92 Å². The van der Waals surface area contributed by atoms with Gasteiger partial charge in [-0.3, -0.25) is 9.79 Å². The highest BCUT2D eigenvalue weighted by Crippen LogP contribution is 2.67. The molecule has 3 fully saturated rings. The van der Waals surface area contributed by atoms with Crippen LogP contribution in [0.3, 0.4) is 0 Å². The second-order valence-corrected chi connectivity index (χ2v) is 12.9. The van der Waals surface area contributed by atoms with Gasteiger partial charge in [-0.15, -0.1) is 0 Å². The van der Waals surface area contributed by atoms with E-state index in [1.807, 2.05) is 0 Å². The standard InChI is InChI=1S/C29H45NO3/c1-17-6-9-25(30-16-17)18(2)27-26(33-19(3)31)15-24-22-8-7-20-14-21(32)10-12-28(20,4)23(22)11-13-29(24,27)5/h7,17-18,21-24,26-27,32H,6,8-16H2,1-5H3/t17-,18-,21+,22-,23+,24+,26-,27+,28-,29+/m1/s1. The van der Waals surface area contributed by atoms with Crippen molar-refractivity contribution in [2.75, 3.05) is 6.54 Å². The first kappa shape index (κ1) is 23.6. The van der Waals surface area contributed by atoms with Gasteiger partial charge in [0.2, 0.25) is 0 Å². The summed E-state index contributed by atoms with van der Waals surface area (Å²) in [5.41, 5.74) is 3.34. The van der Waals surface area contributed by atoms with Crippen LogP contribution in [0.4, 0.5) is 0 Å². The molecular formula is C29H45NO3. The van der Waals surface area contributed by atoms with E-state index < -0.39 is 0 Å². The fraction of sp³-hybridized carbons (Fsp3) is 0.862. The van der Waals surface area contributed by atoms with Crippen molar-refractivity contribution in [3.63, 3.8) is 0 Å². The van der Waals surface area contributed by atoms with Crippen LogP contribution in [-0.4, -0.2) is 35.5 Å². The number of fused-ring (bicyclic) bond motifs is 5. The van der Waals surface area contributed by atoms with Gasteiger partial charge in [0, 0.05) is 31.0 Å². The van der Waals surface area contributed by atoms with Gasteiger partial charge in [-0.2, -0.15) is 0 Å². The van der Waals surface area contributed by atoms with Gasteiger partial charge in [-0.05, 0) is 92.3 Å². The highest BCUT2D eigenvalue weighted by molar-refractivity contribution is 5.87. The third-order valence-electron chi connectivity index (χ3n) is 11.0. The van der Waals surface area contributed by atoms with Gasteiger partial charge in [0.05, 0.1) is 6.10 Å². The molecule has 1 aliphatic heterocycles. The van der Waals surface area contributed by atoms with Crippen LogP contribution in [0.25, 0.3) is 0 Å². The van der Waals surface area contributed by atoms with E-state index in [0.717, 1.165) is 45.1 Å². The average molecular weight is 456 g/mol. The second-order valence-electron chi connectivity index (χ2n) is 12.9. The van der Waals surface area contributed by atoms with E-state index in [2.05, 4.69) is 33.8 Å². The van der Waals surface area contributed by atoms with Crippen molar-refractivity contribution in [3.8, 4) is 0 Å². The molecule has 4 aliphatic carbocycles. The molecule has 33 heavy (non-hydrogen) atoms. The third kappa shape index (κ3) is 3.83. The summed E-state index contributed by atoms with van der Waals surface area (Å²) in [5, 5.41) is 10.3. The second kappa shape index (κ2) is 8.50. The molecule has 0 unspecified atom stereocenters. The molecule has 0 aromatic carbocycles. The molecule has 5 aliphatic rings. The lowest BCUT2D eigenvalue weighted by molar-refractivity contribution is -0.149. The Morgan fingerprint density at radius 1 is 1.21 bits per heavy atom. The molecule has 0 amide bonds. The topological polar surface area (TPSA) is 58.9 Å². The number of allylic oxidation sites excluding steroid dienone is 1. The minimum atomic E-state index is -0.154. The predicted molar refractivity (Wildman–Crippen MR) is 132 cm³/mol. The monoisotopic (exact) mass is 455 g/mol. The largest absolute Gasteiger partial charge is 0.462 e. The summed E-state index contributed by atoms with van der Waals surface area (Å²) in [6.07, 6.45) is 12.3. The molecule has 0 aromatic rings. The van der Waals surface area contributed by atoms with Crippen LogP contribution < -0.4 is 0 Å². The first-order chi connectivity index (χ1) is 15.6. The van der Waals surface area contributed by atoms with Crippen LogP contribution >= 0.6 is 0 Å². The Kier molecular flexibility index (Phi) is 6.07. The first-order valence-electron chi connectivity index (χ1n) is 13.7. The molecule has 0 aromatic heterocycles.